The summed E-state index contributed by atoms with van der Waals surface area (Å²) in [7, 11) is 0. The Hall–Kier alpha value is -3.08. The van der Waals surface area contributed by atoms with E-state index in [0.29, 0.717) is 24.0 Å². The highest BCUT2D eigenvalue weighted by atomic mass is 19.4. The molecule has 1 aliphatic heterocycles. The first-order valence-electron chi connectivity index (χ1n) is 11.1. The SMILES string of the molecule is O=C(CNC(=O)c1cc(C(F)(F)F)ccc1-c1cccc(C(F)(F)F)c1)NC1C[C@H]2CNC[C@H]2C1. The zero-order valence-corrected chi connectivity index (χ0v) is 18.4. The van der Waals surface area contributed by atoms with Crippen LogP contribution in [0.3, 0.4) is 0 Å². The van der Waals surface area contributed by atoms with Crippen LogP contribution in [-0.2, 0) is 17.1 Å². The van der Waals surface area contributed by atoms with Crippen LogP contribution in [0, 0.1) is 11.8 Å². The van der Waals surface area contributed by atoms with E-state index >= 15 is 0 Å². The van der Waals surface area contributed by atoms with Gasteiger partial charge in [-0.1, -0.05) is 18.2 Å². The van der Waals surface area contributed by atoms with Crippen LogP contribution in [0.5, 0.6) is 0 Å². The smallest absolute Gasteiger partial charge is 0.352 e. The summed E-state index contributed by atoms with van der Waals surface area (Å²) in [5, 5.41) is 8.43. The van der Waals surface area contributed by atoms with Crippen molar-refractivity contribution in [2.75, 3.05) is 19.6 Å². The maximum Gasteiger partial charge on any atom is 0.416 e. The molecule has 2 fully saturated rings. The van der Waals surface area contributed by atoms with Crippen LogP contribution in [0.4, 0.5) is 26.3 Å². The number of hydrogen-bond acceptors (Lipinski definition) is 3. The summed E-state index contributed by atoms with van der Waals surface area (Å²) in [6.07, 6.45) is -7.82. The fraction of sp³-hybridized carbons (Fsp3) is 0.417. The predicted molar refractivity (Wildman–Crippen MR) is 115 cm³/mol. The first-order chi connectivity index (χ1) is 16.4. The molecule has 11 heteroatoms. The molecule has 3 N–H and O–H groups in total. The van der Waals surface area contributed by atoms with Gasteiger partial charge in [-0.3, -0.25) is 9.59 Å². The van der Waals surface area contributed by atoms with Gasteiger partial charge in [0.1, 0.15) is 0 Å². The third-order valence-corrected chi connectivity index (χ3v) is 6.52. The second-order valence-electron chi connectivity index (χ2n) is 8.93. The van der Waals surface area contributed by atoms with Crippen LogP contribution in [-0.4, -0.2) is 37.5 Å². The van der Waals surface area contributed by atoms with Crippen LogP contribution in [0.2, 0.25) is 0 Å². The maximum atomic E-state index is 13.3. The Kier molecular flexibility index (Phi) is 6.81. The topological polar surface area (TPSA) is 70.2 Å². The van der Waals surface area contributed by atoms with E-state index in [2.05, 4.69) is 16.0 Å². The molecule has 1 heterocycles. The van der Waals surface area contributed by atoms with Crippen molar-refractivity contribution < 1.29 is 35.9 Å². The largest absolute Gasteiger partial charge is 0.416 e. The molecule has 1 saturated carbocycles. The molecule has 0 spiro atoms. The maximum absolute atomic E-state index is 13.3. The lowest BCUT2D eigenvalue weighted by atomic mass is 9.95. The van der Waals surface area contributed by atoms with E-state index in [1.165, 1.54) is 6.07 Å². The highest BCUT2D eigenvalue weighted by Crippen LogP contribution is 2.36. The zero-order chi connectivity index (χ0) is 25.4. The second-order valence-corrected chi connectivity index (χ2v) is 8.93. The van der Waals surface area contributed by atoms with Crippen molar-refractivity contribution in [3.63, 3.8) is 0 Å². The molecule has 0 aromatic heterocycles. The number of rotatable bonds is 5. The molecule has 35 heavy (non-hydrogen) atoms. The number of alkyl halides is 6. The molecule has 2 aromatic rings. The molecule has 2 aliphatic rings. The summed E-state index contributed by atoms with van der Waals surface area (Å²) >= 11 is 0. The first kappa shape index (κ1) is 25.0. The minimum absolute atomic E-state index is 0.0364. The first-order valence-corrected chi connectivity index (χ1v) is 11.1. The van der Waals surface area contributed by atoms with Crippen LogP contribution < -0.4 is 16.0 Å². The van der Waals surface area contributed by atoms with Gasteiger partial charge < -0.3 is 16.0 Å². The summed E-state index contributed by atoms with van der Waals surface area (Å²) in [5.74, 6) is -0.514. The molecule has 0 radical (unpaired) electrons. The molecule has 1 unspecified atom stereocenters. The molecule has 2 amide bonds. The van der Waals surface area contributed by atoms with Gasteiger partial charge >= 0.3 is 12.4 Å². The van der Waals surface area contributed by atoms with Crippen LogP contribution in [0.15, 0.2) is 42.5 Å². The molecule has 2 aromatic carbocycles. The van der Waals surface area contributed by atoms with Gasteiger partial charge in [0, 0.05) is 11.6 Å². The second kappa shape index (κ2) is 9.52. The van der Waals surface area contributed by atoms with E-state index in [1.807, 2.05) is 0 Å². The van der Waals surface area contributed by atoms with Crippen molar-refractivity contribution in [1.82, 2.24) is 16.0 Å². The van der Waals surface area contributed by atoms with Gasteiger partial charge in [0.25, 0.3) is 5.91 Å². The molecule has 5 nitrogen and oxygen atoms in total. The van der Waals surface area contributed by atoms with Gasteiger partial charge in [0.15, 0.2) is 0 Å². The Labute approximate surface area is 197 Å². The highest BCUT2D eigenvalue weighted by molar-refractivity contribution is 6.02. The van der Waals surface area contributed by atoms with Crippen molar-refractivity contribution in [3.8, 4) is 11.1 Å². The molecular formula is C24H23F6N3O2. The lowest BCUT2D eigenvalue weighted by molar-refractivity contribution is -0.138. The number of benzene rings is 2. The van der Waals surface area contributed by atoms with Crippen molar-refractivity contribution in [1.29, 1.82) is 0 Å². The third-order valence-electron chi connectivity index (χ3n) is 6.52. The van der Waals surface area contributed by atoms with Crippen molar-refractivity contribution in [2.24, 2.45) is 11.8 Å². The highest BCUT2D eigenvalue weighted by Gasteiger charge is 2.38. The molecule has 1 aliphatic carbocycles. The molecule has 3 atom stereocenters. The number of halogens is 6. The Bertz CT molecular complexity index is 1100. The normalized spacial score (nSPS) is 22.1. The lowest BCUT2D eigenvalue weighted by Gasteiger charge is -2.16. The van der Waals surface area contributed by atoms with Gasteiger partial charge in [-0.15, -0.1) is 0 Å². The van der Waals surface area contributed by atoms with Crippen LogP contribution >= 0.6 is 0 Å². The predicted octanol–water partition coefficient (Wildman–Crippen LogP) is 4.24. The fourth-order valence-corrected chi connectivity index (χ4v) is 4.84. The number of amides is 2. The van der Waals surface area contributed by atoms with Crippen molar-refractivity contribution >= 4 is 11.8 Å². The number of fused-ring (bicyclic) bond motifs is 1. The molecule has 188 valence electrons. The Morgan fingerprint density at radius 2 is 1.51 bits per heavy atom. The van der Waals surface area contributed by atoms with Gasteiger partial charge in [-0.25, -0.2) is 0 Å². The van der Waals surface area contributed by atoms with E-state index < -0.39 is 47.4 Å². The van der Waals surface area contributed by atoms with E-state index in [4.69, 9.17) is 0 Å². The quantitative estimate of drug-likeness (QED) is 0.540. The number of carbonyl (C=O) groups is 2. The number of carbonyl (C=O) groups excluding carboxylic acids is 2. The Morgan fingerprint density at radius 3 is 2.14 bits per heavy atom. The summed E-state index contributed by atoms with van der Waals surface area (Å²) in [5.41, 5.74) is -2.80. The van der Waals surface area contributed by atoms with Gasteiger partial charge in [-0.2, -0.15) is 26.3 Å². The summed E-state index contributed by atoms with van der Waals surface area (Å²) in [4.78, 5) is 25.2. The summed E-state index contributed by atoms with van der Waals surface area (Å²) in [6, 6.07) is 6.16. The summed E-state index contributed by atoms with van der Waals surface area (Å²) < 4.78 is 79.2. The Balaban J connectivity index is 1.52. The van der Waals surface area contributed by atoms with Crippen molar-refractivity contribution in [2.45, 2.75) is 31.2 Å². The van der Waals surface area contributed by atoms with Gasteiger partial charge in [0.2, 0.25) is 5.91 Å². The average Bonchev–Trinajstić information content (AvgIpc) is 3.38. The molecule has 4 rings (SSSR count). The summed E-state index contributed by atoms with van der Waals surface area (Å²) in [6.45, 7) is 1.31. The standard InChI is InChI=1S/C24H23F6N3O2/c25-23(26,27)16-3-1-2-13(6-16)19-5-4-17(24(28,29)30)9-20(19)22(35)32-12-21(34)33-18-7-14-10-31-11-15(14)8-18/h1-6,9,14-15,18,31H,7-8,10-12H2,(H,32,35)(H,33,34)/t14-,15+,18?. The Morgan fingerprint density at radius 1 is 0.886 bits per heavy atom. The minimum Gasteiger partial charge on any atom is -0.352 e. The van der Waals surface area contributed by atoms with E-state index in [-0.39, 0.29) is 17.2 Å². The molecule has 1 saturated heterocycles. The van der Waals surface area contributed by atoms with E-state index in [9.17, 15) is 35.9 Å². The number of nitrogens with one attached hydrogen (secondary N) is 3. The molecular weight excluding hydrogens is 476 g/mol. The van der Waals surface area contributed by atoms with Gasteiger partial charge in [-0.05, 0) is 73.2 Å². The monoisotopic (exact) mass is 499 g/mol. The average molecular weight is 499 g/mol. The number of hydrogen-bond donors (Lipinski definition) is 3. The van der Waals surface area contributed by atoms with E-state index in [0.717, 1.165) is 50.2 Å². The van der Waals surface area contributed by atoms with Crippen LogP contribution in [0.1, 0.15) is 34.3 Å². The zero-order valence-electron chi connectivity index (χ0n) is 18.4. The van der Waals surface area contributed by atoms with E-state index in [1.54, 1.807) is 0 Å². The third kappa shape index (κ3) is 5.77. The lowest BCUT2D eigenvalue weighted by Crippen LogP contribution is -2.41. The van der Waals surface area contributed by atoms with Crippen LogP contribution in [0.25, 0.3) is 11.1 Å². The molecule has 0 bridgehead atoms. The minimum atomic E-state index is -4.77. The fourth-order valence-electron chi connectivity index (χ4n) is 4.84. The van der Waals surface area contributed by atoms with Gasteiger partial charge in [0.05, 0.1) is 17.7 Å². The van der Waals surface area contributed by atoms with Crippen molar-refractivity contribution in [3.05, 3.63) is 59.2 Å².